The van der Waals surface area contributed by atoms with E-state index in [0.29, 0.717) is 12.4 Å². The molecule has 0 aliphatic carbocycles. The minimum absolute atomic E-state index is 0.112. The Morgan fingerprint density at radius 1 is 0.935 bits per heavy atom. The molecule has 4 aromatic rings. The van der Waals surface area contributed by atoms with Crippen LogP contribution in [0.1, 0.15) is 40.8 Å². The van der Waals surface area contributed by atoms with E-state index in [2.05, 4.69) is 49.2 Å². The summed E-state index contributed by atoms with van der Waals surface area (Å²) < 4.78 is 6.27. The standard InChI is InChI=1S/C28H27NO2/c1-18-14-15-22-19(2)26(29-24(22)16-18)25(20-10-6-4-7-11-20)23-17-31-28(3,27(23)30)21-12-8-5-9-13-21/h4-16,25,29-30H,17H2,1-3H3/t25?,28-/m1/s1. The molecular weight excluding hydrogens is 382 g/mol. The number of aliphatic hydroxyl groups is 1. The summed E-state index contributed by atoms with van der Waals surface area (Å²) in [5.74, 6) is 0.196. The van der Waals surface area contributed by atoms with Gasteiger partial charge in [0, 0.05) is 22.2 Å². The van der Waals surface area contributed by atoms with E-state index in [0.717, 1.165) is 27.9 Å². The van der Waals surface area contributed by atoms with Crippen molar-refractivity contribution in [2.24, 2.45) is 0 Å². The van der Waals surface area contributed by atoms with E-state index >= 15 is 0 Å². The van der Waals surface area contributed by atoms with Crippen molar-refractivity contribution in [2.45, 2.75) is 32.3 Å². The second-order valence-corrected chi connectivity index (χ2v) is 8.62. The van der Waals surface area contributed by atoms with Crippen LogP contribution in [0.2, 0.25) is 0 Å². The molecule has 0 spiro atoms. The maximum Gasteiger partial charge on any atom is 0.147 e. The fourth-order valence-electron chi connectivity index (χ4n) is 4.81. The highest BCUT2D eigenvalue weighted by atomic mass is 16.5. The summed E-state index contributed by atoms with van der Waals surface area (Å²) in [7, 11) is 0. The lowest BCUT2D eigenvalue weighted by molar-refractivity contribution is 0.00438. The lowest BCUT2D eigenvalue weighted by atomic mass is 9.83. The number of benzene rings is 3. The Kier molecular flexibility index (Phi) is 4.71. The predicted octanol–water partition coefficient (Wildman–Crippen LogP) is 6.67. The van der Waals surface area contributed by atoms with Gasteiger partial charge in [0.05, 0.1) is 12.5 Å². The minimum atomic E-state index is -0.847. The number of hydrogen-bond donors (Lipinski definition) is 2. The van der Waals surface area contributed by atoms with Crippen molar-refractivity contribution < 1.29 is 9.84 Å². The number of aryl methyl sites for hydroxylation is 2. The monoisotopic (exact) mass is 409 g/mol. The van der Waals surface area contributed by atoms with E-state index in [4.69, 9.17) is 4.74 Å². The Morgan fingerprint density at radius 2 is 1.61 bits per heavy atom. The van der Waals surface area contributed by atoms with Crippen molar-refractivity contribution in [1.82, 2.24) is 4.98 Å². The number of aromatic amines is 1. The maximum atomic E-state index is 11.5. The van der Waals surface area contributed by atoms with Gasteiger partial charge < -0.3 is 14.8 Å². The number of fused-ring (bicyclic) bond motifs is 1. The van der Waals surface area contributed by atoms with Crippen LogP contribution < -0.4 is 0 Å². The quantitative estimate of drug-likeness (QED) is 0.395. The molecule has 0 radical (unpaired) electrons. The molecule has 156 valence electrons. The fourth-order valence-corrected chi connectivity index (χ4v) is 4.81. The SMILES string of the molecule is Cc1ccc2c(C)c(C(C3=C(O)[C@@](C)(c4ccccc4)OC3)c3ccccc3)[nH]c2c1. The van der Waals surface area contributed by atoms with E-state index < -0.39 is 5.60 Å². The molecule has 5 rings (SSSR count). The van der Waals surface area contributed by atoms with Gasteiger partial charge in [-0.2, -0.15) is 0 Å². The van der Waals surface area contributed by atoms with Gasteiger partial charge in [-0.3, -0.25) is 0 Å². The lowest BCUT2D eigenvalue weighted by Crippen LogP contribution is -2.24. The summed E-state index contributed by atoms with van der Waals surface area (Å²) in [4.78, 5) is 3.67. The summed E-state index contributed by atoms with van der Waals surface area (Å²) in [6.07, 6.45) is 0. The number of H-pyrrole nitrogens is 1. The molecule has 0 saturated heterocycles. The molecule has 31 heavy (non-hydrogen) atoms. The van der Waals surface area contributed by atoms with Crippen LogP contribution >= 0.6 is 0 Å². The molecule has 0 bridgehead atoms. The first-order valence-corrected chi connectivity index (χ1v) is 10.7. The van der Waals surface area contributed by atoms with Gasteiger partial charge in [0.2, 0.25) is 0 Å². The molecule has 2 N–H and O–H groups in total. The van der Waals surface area contributed by atoms with Gasteiger partial charge in [-0.25, -0.2) is 0 Å². The van der Waals surface area contributed by atoms with Crippen molar-refractivity contribution in [3.05, 3.63) is 118 Å². The van der Waals surface area contributed by atoms with Crippen LogP contribution in [0.5, 0.6) is 0 Å². The van der Waals surface area contributed by atoms with Crippen LogP contribution in [-0.4, -0.2) is 16.7 Å². The first kappa shape index (κ1) is 19.7. The van der Waals surface area contributed by atoms with Gasteiger partial charge in [-0.15, -0.1) is 0 Å². The van der Waals surface area contributed by atoms with E-state index in [-0.39, 0.29) is 5.92 Å². The lowest BCUT2D eigenvalue weighted by Gasteiger charge is -2.25. The maximum absolute atomic E-state index is 11.5. The van der Waals surface area contributed by atoms with E-state index in [9.17, 15) is 5.11 Å². The molecule has 3 aromatic carbocycles. The van der Waals surface area contributed by atoms with Crippen LogP contribution in [-0.2, 0) is 10.3 Å². The van der Waals surface area contributed by atoms with Crippen molar-refractivity contribution in [2.75, 3.05) is 6.61 Å². The Hall–Kier alpha value is -3.30. The third-order valence-electron chi connectivity index (χ3n) is 6.62. The van der Waals surface area contributed by atoms with Crippen LogP contribution in [0.15, 0.2) is 90.2 Å². The fraction of sp³-hybridized carbons (Fsp3) is 0.214. The number of rotatable bonds is 4. The van der Waals surface area contributed by atoms with Gasteiger partial charge >= 0.3 is 0 Å². The Bertz CT molecular complexity index is 1270. The largest absolute Gasteiger partial charge is 0.509 e. The third-order valence-corrected chi connectivity index (χ3v) is 6.62. The van der Waals surface area contributed by atoms with E-state index in [1.807, 2.05) is 55.5 Å². The number of hydrogen-bond acceptors (Lipinski definition) is 2. The molecule has 1 unspecified atom stereocenters. The summed E-state index contributed by atoms with van der Waals surface area (Å²) in [5.41, 5.74) is 6.81. The molecule has 1 aliphatic heterocycles. The van der Waals surface area contributed by atoms with Gasteiger partial charge in [-0.05, 0) is 49.1 Å². The number of ether oxygens (including phenoxy) is 1. The molecule has 2 heterocycles. The van der Waals surface area contributed by atoms with Gasteiger partial charge in [0.15, 0.2) is 0 Å². The van der Waals surface area contributed by atoms with Crippen LogP contribution in [0.4, 0.5) is 0 Å². The summed E-state index contributed by atoms with van der Waals surface area (Å²) in [5, 5.41) is 12.7. The topological polar surface area (TPSA) is 45.2 Å². The number of aromatic nitrogens is 1. The van der Waals surface area contributed by atoms with Gasteiger partial charge in [0.1, 0.15) is 11.4 Å². The molecule has 0 saturated carbocycles. The highest BCUT2D eigenvalue weighted by molar-refractivity contribution is 5.85. The molecule has 0 amide bonds. The average molecular weight is 410 g/mol. The highest BCUT2D eigenvalue weighted by Gasteiger charge is 2.43. The Morgan fingerprint density at radius 3 is 2.32 bits per heavy atom. The second-order valence-electron chi connectivity index (χ2n) is 8.62. The smallest absolute Gasteiger partial charge is 0.147 e. The molecule has 1 aromatic heterocycles. The molecule has 0 fully saturated rings. The zero-order valence-electron chi connectivity index (χ0n) is 18.1. The number of aliphatic hydroxyl groups excluding tert-OH is 1. The number of nitrogens with one attached hydrogen (secondary N) is 1. The normalized spacial score (nSPS) is 19.8. The van der Waals surface area contributed by atoms with Crippen molar-refractivity contribution in [3.8, 4) is 0 Å². The summed E-state index contributed by atoms with van der Waals surface area (Å²) in [6, 6.07) is 26.8. The molecule has 1 aliphatic rings. The van der Waals surface area contributed by atoms with Crippen LogP contribution in [0, 0.1) is 13.8 Å². The third kappa shape index (κ3) is 3.17. The summed E-state index contributed by atoms with van der Waals surface area (Å²) in [6.45, 7) is 6.59. The van der Waals surface area contributed by atoms with Crippen LogP contribution in [0.3, 0.4) is 0 Å². The zero-order chi connectivity index (χ0) is 21.6. The summed E-state index contributed by atoms with van der Waals surface area (Å²) >= 11 is 0. The molecule has 3 heteroatoms. The Balaban J connectivity index is 1.71. The average Bonchev–Trinajstić information content (AvgIpc) is 3.27. The van der Waals surface area contributed by atoms with Crippen molar-refractivity contribution in [3.63, 3.8) is 0 Å². The minimum Gasteiger partial charge on any atom is -0.509 e. The molecule has 3 nitrogen and oxygen atoms in total. The van der Waals surface area contributed by atoms with E-state index in [1.54, 1.807) is 0 Å². The van der Waals surface area contributed by atoms with Gasteiger partial charge in [0.25, 0.3) is 0 Å². The Labute approximate surface area is 183 Å². The highest BCUT2D eigenvalue weighted by Crippen LogP contribution is 2.46. The molecule has 2 atom stereocenters. The van der Waals surface area contributed by atoms with E-state index in [1.165, 1.54) is 16.5 Å². The predicted molar refractivity (Wildman–Crippen MR) is 125 cm³/mol. The second kappa shape index (κ2) is 7.44. The van der Waals surface area contributed by atoms with Crippen LogP contribution in [0.25, 0.3) is 10.9 Å². The first-order valence-electron chi connectivity index (χ1n) is 10.7. The van der Waals surface area contributed by atoms with Crippen molar-refractivity contribution in [1.29, 1.82) is 0 Å². The first-order chi connectivity index (χ1) is 15.0. The van der Waals surface area contributed by atoms with Crippen molar-refractivity contribution >= 4 is 10.9 Å². The zero-order valence-corrected chi connectivity index (χ0v) is 18.1. The molecular formula is C28H27NO2. The van der Waals surface area contributed by atoms with Gasteiger partial charge in [-0.1, -0.05) is 72.8 Å².